The number of carbonyl (C=O) groups excluding carboxylic acids is 2. The van der Waals surface area contributed by atoms with Crippen LogP contribution in [0.5, 0.6) is 0 Å². The van der Waals surface area contributed by atoms with Crippen molar-refractivity contribution in [3.63, 3.8) is 0 Å². The molecule has 4 N–H and O–H groups in total. The highest BCUT2D eigenvalue weighted by atomic mass is 35.5. The molecule has 42 heavy (non-hydrogen) atoms. The summed E-state index contributed by atoms with van der Waals surface area (Å²) in [5, 5.41) is 18.6. The quantitative estimate of drug-likeness (QED) is 0.235. The Labute approximate surface area is 253 Å². The first-order valence-corrected chi connectivity index (χ1v) is 14.5. The Kier molecular flexibility index (Phi) is 8.09. The normalized spacial score (nSPS) is 21.3. The average Bonchev–Trinajstić information content (AvgIpc) is 3.41. The second kappa shape index (κ2) is 11.3. The number of hydrogen-bond acceptors (Lipinski definition) is 4. The van der Waals surface area contributed by atoms with Crippen molar-refractivity contribution in [2.45, 2.75) is 64.0 Å². The van der Waals surface area contributed by atoms with Crippen molar-refractivity contribution in [1.29, 1.82) is 0 Å². The molecular formula is C32H32Cl2FN3O4. The fraction of sp³-hybridized carbons (Fsp3) is 0.344. The zero-order valence-electron chi connectivity index (χ0n) is 23.5. The molecule has 10 heteroatoms. The van der Waals surface area contributed by atoms with E-state index in [0.717, 1.165) is 5.56 Å². The number of nitrogens with one attached hydrogen (secondary N) is 3. The van der Waals surface area contributed by atoms with Crippen LogP contribution in [0.4, 0.5) is 15.8 Å². The fourth-order valence-corrected chi connectivity index (χ4v) is 6.54. The lowest BCUT2D eigenvalue weighted by atomic mass is 9.68. The number of fused-ring (bicyclic) bond motifs is 2. The van der Waals surface area contributed by atoms with Crippen LogP contribution in [0, 0.1) is 11.2 Å². The van der Waals surface area contributed by atoms with Crippen molar-refractivity contribution in [2.75, 3.05) is 10.6 Å². The summed E-state index contributed by atoms with van der Waals surface area (Å²) in [6, 6.07) is 13.8. The molecule has 7 nitrogen and oxygen atoms in total. The summed E-state index contributed by atoms with van der Waals surface area (Å²) in [6.45, 7) is 6.19. The standard InChI is InChI=1S/C32H32Cl2FN3O4/c1-31(2,3)16-25-32(15-24(37-25)29(41)36-19-10-7-17(8-11-19)9-12-26(39)40)27-21(20-5-4-6-22(34)28(20)35)13-18(33)14-23(27)38-30(32)42/h4-8,10-11,13-14,24-25,37H,9,12,15-16H2,1-3H3,(H,36,41)(H,38,42)(H,39,40)/t24-,25?,32+/m0/s1. The molecule has 0 aliphatic carbocycles. The van der Waals surface area contributed by atoms with E-state index in [-0.39, 0.29) is 40.7 Å². The number of aliphatic carboxylic acids is 1. The van der Waals surface area contributed by atoms with Gasteiger partial charge in [0.15, 0.2) is 0 Å². The number of carbonyl (C=O) groups is 3. The van der Waals surface area contributed by atoms with Crippen LogP contribution in [0.1, 0.15) is 51.2 Å². The van der Waals surface area contributed by atoms with Crippen LogP contribution in [0.3, 0.4) is 0 Å². The molecule has 2 heterocycles. The van der Waals surface area contributed by atoms with Crippen molar-refractivity contribution >= 4 is 52.4 Å². The number of hydrogen-bond donors (Lipinski definition) is 4. The van der Waals surface area contributed by atoms with E-state index in [4.69, 9.17) is 28.3 Å². The minimum absolute atomic E-state index is 0.0186. The number of rotatable bonds is 7. The van der Waals surface area contributed by atoms with Gasteiger partial charge in [-0.05, 0) is 66.1 Å². The fourth-order valence-electron chi connectivity index (χ4n) is 6.14. The van der Waals surface area contributed by atoms with Gasteiger partial charge in [0.25, 0.3) is 0 Å². The molecule has 220 valence electrons. The molecule has 2 aliphatic rings. The van der Waals surface area contributed by atoms with Gasteiger partial charge in [-0.2, -0.15) is 0 Å². The van der Waals surface area contributed by atoms with E-state index in [9.17, 15) is 14.4 Å². The maximum Gasteiger partial charge on any atom is 0.303 e. The molecule has 1 saturated heterocycles. The smallest absolute Gasteiger partial charge is 0.303 e. The maximum atomic E-state index is 15.4. The molecule has 0 radical (unpaired) electrons. The molecule has 0 bridgehead atoms. The van der Waals surface area contributed by atoms with Crippen LogP contribution in [0.2, 0.25) is 10.0 Å². The molecule has 1 unspecified atom stereocenters. The lowest BCUT2D eigenvalue weighted by molar-refractivity contribution is -0.137. The van der Waals surface area contributed by atoms with Gasteiger partial charge in [0.05, 0.1) is 16.5 Å². The van der Waals surface area contributed by atoms with Crippen LogP contribution in [-0.2, 0) is 26.2 Å². The number of anilines is 2. The third kappa shape index (κ3) is 5.76. The SMILES string of the molecule is CC(C)(C)CC1N[C@H](C(=O)Nc2ccc(CCC(=O)O)cc2)C[C@@]12C(=O)Nc1cc(Cl)cc(-c3cccc(Cl)c3F)c12. The van der Waals surface area contributed by atoms with E-state index >= 15 is 4.39 Å². The highest BCUT2D eigenvalue weighted by Crippen LogP contribution is 2.54. The van der Waals surface area contributed by atoms with Gasteiger partial charge in [-0.15, -0.1) is 0 Å². The topological polar surface area (TPSA) is 108 Å². The van der Waals surface area contributed by atoms with Gasteiger partial charge in [-0.25, -0.2) is 4.39 Å². The van der Waals surface area contributed by atoms with Crippen LogP contribution in [0.15, 0.2) is 54.6 Å². The minimum Gasteiger partial charge on any atom is -0.481 e. The molecule has 1 fully saturated rings. The monoisotopic (exact) mass is 611 g/mol. The van der Waals surface area contributed by atoms with Gasteiger partial charge >= 0.3 is 5.97 Å². The number of carboxylic acids is 1. The second-order valence-corrected chi connectivity index (χ2v) is 13.1. The zero-order valence-corrected chi connectivity index (χ0v) is 25.0. The van der Waals surface area contributed by atoms with Gasteiger partial charge < -0.3 is 21.1 Å². The third-order valence-electron chi connectivity index (χ3n) is 7.95. The molecule has 2 amide bonds. The van der Waals surface area contributed by atoms with E-state index in [1.807, 2.05) is 0 Å². The predicted octanol–water partition coefficient (Wildman–Crippen LogP) is 6.81. The minimum atomic E-state index is -1.18. The average molecular weight is 613 g/mol. The molecule has 3 aromatic carbocycles. The van der Waals surface area contributed by atoms with Gasteiger partial charge in [0, 0.05) is 40.0 Å². The Morgan fingerprint density at radius 3 is 2.48 bits per heavy atom. The van der Waals surface area contributed by atoms with Crippen molar-refractivity contribution < 1.29 is 23.9 Å². The van der Waals surface area contributed by atoms with Crippen LogP contribution < -0.4 is 16.0 Å². The summed E-state index contributed by atoms with van der Waals surface area (Å²) in [7, 11) is 0. The Bertz CT molecular complexity index is 1570. The predicted molar refractivity (Wildman–Crippen MR) is 163 cm³/mol. The maximum absolute atomic E-state index is 15.4. The molecule has 1 spiro atoms. The van der Waals surface area contributed by atoms with Gasteiger partial charge in [-0.3, -0.25) is 14.4 Å². The summed E-state index contributed by atoms with van der Waals surface area (Å²) in [5.74, 6) is -2.07. The molecule has 3 aromatic rings. The zero-order chi connectivity index (χ0) is 30.4. The van der Waals surface area contributed by atoms with Gasteiger partial charge in [0.2, 0.25) is 11.8 Å². The Hall–Kier alpha value is -3.46. The number of benzene rings is 3. The van der Waals surface area contributed by atoms with Crippen molar-refractivity contribution in [3.8, 4) is 11.1 Å². The third-order valence-corrected chi connectivity index (χ3v) is 8.46. The summed E-state index contributed by atoms with van der Waals surface area (Å²) in [5.41, 5.74) is 1.77. The molecule has 0 saturated carbocycles. The first-order valence-electron chi connectivity index (χ1n) is 13.8. The highest BCUT2D eigenvalue weighted by molar-refractivity contribution is 6.32. The Morgan fingerprint density at radius 1 is 1.10 bits per heavy atom. The molecule has 0 aromatic heterocycles. The summed E-state index contributed by atoms with van der Waals surface area (Å²) >= 11 is 12.6. The summed E-state index contributed by atoms with van der Waals surface area (Å²) < 4.78 is 15.4. The molecule has 5 rings (SSSR count). The molecule has 3 atom stereocenters. The lowest BCUT2D eigenvalue weighted by Crippen LogP contribution is -2.48. The lowest BCUT2D eigenvalue weighted by Gasteiger charge is -2.34. The van der Waals surface area contributed by atoms with Crippen LogP contribution in [0.25, 0.3) is 11.1 Å². The van der Waals surface area contributed by atoms with E-state index in [2.05, 4.69) is 36.7 Å². The van der Waals surface area contributed by atoms with Gasteiger partial charge in [-0.1, -0.05) is 68.2 Å². The molecule has 2 aliphatic heterocycles. The number of aryl methyl sites for hydroxylation is 1. The number of halogens is 3. The number of carboxylic acid groups (broad SMARTS) is 1. The summed E-state index contributed by atoms with van der Waals surface area (Å²) in [4.78, 5) is 38.5. The highest BCUT2D eigenvalue weighted by Gasteiger charge is 2.60. The first-order chi connectivity index (χ1) is 19.8. The van der Waals surface area contributed by atoms with E-state index in [1.54, 1.807) is 48.5 Å². The second-order valence-electron chi connectivity index (χ2n) is 12.2. The summed E-state index contributed by atoms with van der Waals surface area (Å²) in [6.07, 6.45) is 1.11. The van der Waals surface area contributed by atoms with Crippen molar-refractivity contribution in [1.82, 2.24) is 5.32 Å². The van der Waals surface area contributed by atoms with E-state index in [0.29, 0.717) is 40.4 Å². The molecular weight excluding hydrogens is 580 g/mol. The van der Waals surface area contributed by atoms with Crippen molar-refractivity contribution in [2.24, 2.45) is 5.41 Å². The van der Waals surface area contributed by atoms with Crippen LogP contribution >= 0.6 is 23.2 Å². The van der Waals surface area contributed by atoms with Crippen molar-refractivity contribution in [3.05, 3.63) is 81.6 Å². The Balaban J connectivity index is 1.53. The van der Waals surface area contributed by atoms with Crippen LogP contribution in [-0.4, -0.2) is 35.0 Å². The largest absolute Gasteiger partial charge is 0.481 e. The van der Waals surface area contributed by atoms with Gasteiger partial charge in [0.1, 0.15) is 5.82 Å². The van der Waals surface area contributed by atoms with E-state index < -0.39 is 29.3 Å². The number of amides is 2. The first kappa shape index (κ1) is 30.0. The van der Waals surface area contributed by atoms with E-state index in [1.165, 1.54) is 6.07 Å². The Morgan fingerprint density at radius 2 is 1.81 bits per heavy atom.